The van der Waals surface area contributed by atoms with Gasteiger partial charge < -0.3 is 10.3 Å². The van der Waals surface area contributed by atoms with Gasteiger partial charge in [-0.25, -0.2) is 0 Å². The quantitative estimate of drug-likeness (QED) is 0.858. The van der Waals surface area contributed by atoms with Crippen LogP contribution in [0.2, 0.25) is 0 Å². The largest absolute Gasteiger partial charge is 0.339 e. The van der Waals surface area contributed by atoms with Gasteiger partial charge in [-0.2, -0.15) is 4.98 Å². The molecule has 2 atom stereocenters. The van der Waals surface area contributed by atoms with E-state index in [2.05, 4.69) is 10.1 Å². The first kappa shape index (κ1) is 10.5. The minimum Gasteiger partial charge on any atom is -0.339 e. The van der Waals surface area contributed by atoms with E-state index >= 15 is 0 Å². The second-order valence-corrected chi connectivity index (χ2v) is 4.52. The predicted octanol–water partition coefficient (Wildman–Crippen LogP) is 2.33. The van der Waals surface area contributed by atoms with Crippen molar-refractivity contribution in [2.75, 3.05) is 0 Å². The topological polar surface area (TPSA) is 64.9 Å². The van der Waals surface area contributed by atoms with Gasteiger partial charge in [-0.1, -0.05) is 41.9 Å². The molecule has 0 radical (unpaired) electrons. The summed E-state index contributed by atoms with van der Waals surface area (Å²) in [4.78, 5) is 4.46. The van der Waals surface area contributed by atoms with E-state index in [4.69, 9.17) is 10.3 Å². The Morgan fingerprint density at radius 1 is 1.18 bits per heavy atom. The van der Waals surface area contributed by atoms with Crippen LogP contribution in [0.5, 0.6) is 0 Å². The number of rotatable bonds is 2. The lowest BCUT2D eigenvalue weighted by Gasteiger charge is -2.08. The van der Waals surface area contributed by atoms with E-state index in [0.717, 1.165) is 24.8 Å². The predicted molar refractivity (Wildman–Crippen MR) is 64.3 cm³/mol. The van der Waals surface area contributed by atoms with Gasteiger partial charge in [0.2, 0.25) is 11.7 Å². The summed E-state index contributed by atoms with van der Waals surface area (Å²) in [7, 11) is 0. The monoisotopic (exact) mass is 229 g/mol. The molecule has 0 amide bonds. The summed E-state index contributed by atoms with van der Waals surface area (Å²) in [6, 6.07) is 10.0. The molecule has 2 aromatic rings. The Morgan fingerprint density at radius 3 is 2.71 bits per heavy atom. The summed E-state index contributed by atoms with van der Waals surface area (Å²) in [5, 5.41) is 4.02. The van der Waals surface area contributed by atoms with E-state index in [-0.39, 0.29) is 12.0 Å². The van der Waals surface area contributed by atoms with Gasteiger partial charge in [0.15, 0.2) is 0 Å². The molecule has 4 nitrogen and oxygen atoms in total. The molecular weight excluding hydrogens is 214 g/mol. The van der Waals surface area contributed by atoms with Crippen molar-refractivity contribution in [3.63, 3.8) is 0 Å². The average Bonchev–Trinajstić information content (AvgIpc) is 2.98. The van der Waals surface area contributed by atoms with Gasteiger partial charge in [0.25, 0.3) is 0 Å². The number of hydrogen-bond donors (Lipinski definition) is 1. The fourth-order valence-electron chi connectivity index (χ4n) is 2.39. The van der Waals surface area contributed by atoms with E-state index < -0.39 is 0 Å². The van der Waals surface area contributed by atoms with Gasteiger partial charge in [-0.15, -0.1) is 0 Å². The van der Waals surface area contributed by atoms with Crippen molar-refractivity contribution >= 4 is 0 Å². The fraction of sp³-hybridized carbons (Fsp3) is 0.385. The SMILES string of the molecule is NC1CCCC1c1nc(-c2ccccc2)no1. The third-order valence-electron chi connectivity index (χ3n) is 3.36. The number of benzene rings is 1. The van der Waals surface area contributed by atoms with Crippen molar-refractivity contribution in [1.82, 2.24) is 10.1 Å². The third-order valence-corrected chi connectivity index (χ3v) is 3.36. The molecule has 1 aromatic heterocycles. The Balaban J connectivity index is 1.88. The van der Waals surface area contributed by atoms with Crippen LogP contribution in [0.25, 0.3) is 11.4 Å². The minimum atomic E-state index is 0.166. The highest BCUT2D eigenvalue weighted by atomic mass is 16.5. The Morgan fingerprint density at radius 2 is 2.00 bits per heavy atom. The molecule has 1 aromatic carbocycles. The van der Waals surface area contributed by atoms with Crippen LogP contribution in [0.15, 0.2) is 34.9 Å². The molecule has 0 aliphatic heterocycles. The summed E-state index contributed by atoms with van der Waals surface area (Å²) in [6.07, 6.45) is 3.25. The normalized spacial score (nSPS) is 24.1. The summed E-state index contributed by atoms with van der Waals surface area (Å²) in [5.74, 6) is 1.58. The standard InChI is InChI=1S/C13H15N3O/c14-11-8-4-7-10(11)13-15-12(16-17-13)9-5-2-1-3-6-9/h1-3,5-6,10-11H,4,7-8,14H2. The van der Waals surface area contributed by atoms with Gasteiger partial charge in [0.05, 0.1) is 5.92 Å². The molecule has 1 heterocycles. The zero-order chi connectivity index (χ0) is 11.7. The summed E-state index contributed by atoms with van der Waals surface area (Å²) >= 11 is 0. The van der Waals surface area contributed by atoms with Crippen LogP contribution in [0, 0.1) is 0 Å². The van der Waals surface area contributed by atoms with Crippen molar-refractivity contribution in [3.05, 3.63) is 36.2 Å². The highest BCUT2D eigenvalue weighted by Crippen LogP contribution is 2.33. The van der Waals surface area contributed by atoms with Crippen LogP contribution in [0.1, 0.15) is 31.1 Å². The van der Waals surface area contributed by atoms with Crippen molar-refractivity contribution in [1.29, 1.82) is 0 Å². The van der Waals surface area contributed by atoms with Gasteiger partial charge in [-0.05, 0) is 12.8 Å². The smallest absolute Gasteiger partial charge is 0.231 e. The molecule has 3 rings (SSSR count). The first-order chi connectivity index (χ1) is 8.34. The number of aromatic nitrogens is 2. The van der Waals surface area contributed by atoms with E-state index in [1.165, 1.54) is 0 Å². The maximum Gasteiger partial charge on any atom is 0.231 e. The van der Waals surface area contributed by atoms with Crippen LogP contribution in [-0.2, 0) is 0 Å². The fourth-order valence-corrected chi connectivity index (χ4v) is 2.39. The second kappa shape index (κ2) is 4.30. The first-order valence-electron chi connectivity index (χ1n) is 5.99. The van der Waals surface area contributed by atoms with E-state index in [1.54, 1.807) is 0 Å². The lowest BCUT2D eigenvalue weighted by molar-refractivity contribution is 0.345. The molecule has 1 saturated carbocycles. The van der Waals surface area contributed by atoms with Crippen molar-refractivity contribution < 1.29 is 4.52 Å². The zero-order valence-electron chi connectivity index (χ0n) is 9.54. The third kappa shape index (κ3) is 1.96. The molecule has 0 bridgehead atoms. The van der Waals surface area contributed by atoms with E-state index in [9.17, 15) is 0 Å². The molecule has 1 fully saturated rings. The van der Waals surface area contributed by atoms with Crippen molar-refractivity contribution in [2.45, 2.75) is 31.2 Å². The van der Waals surface area contributed by atoms with Gasteiger partial charge in [-0.3, -0.25) is 0 Å². The summed E-state index contributed by atoms with van der Waals surface area (Å²) in [5.41, 5.74) is 7.01. The molecule has 88 valence electrons. The Hall–Kier alpha value is -1.68. The number of nitrogens with zero attached hydrogens (tertiary/aromatic N) is 2. The molecular formula is C13H15N3O. The summed E-state index contributed by atoms with van der Waals surface area (Å²) < 4.78 is 5.33. The summed E-state index contributed by atoms with van der Waals surface area (Å²) in [6.45, 7) is 0. The van der Waals surface area contributed by atoms with E-state index in [0.29, 0.717) is 11.7 Å². The van der Waals surface area contributed by atoms with Crippen LogP contribution < -0.4 is 5.73 Å². The highest BCUT2D eigenvalue weighted by Gasteiger charge is 2.30. The van der Waals surface area contributed by atoms with Crippen molar-refractivity contribution in [2.24, 2.45) is 5.73 Å². The second-order valence-electron chi connectivity index (χ2n) is 4.52. The zero-order valence-corrected chi connectivity index (χ0v) is 9.54. The maximum absolute atomic E-state index is 6.03. The molecule has 1 aliphatic rings. The van der Waals surface area contributed by atoms with Gasteiger partial charge in [0, 0.05) is 11.6 Å². The average molecular weight is 229 g/mol. The molecule has 0 saturated heterocycles. The highest BCUT2D eigenvalue weighted by molar-refractivity contribution is 5.53. The lowest BCUT2D eigenvalue weighted by atomic mass is 10.1. The molecule has 17 heavy (non-hydrogen) atoms. The molecule has 2 unspecified atom stereocenters. The minimum absolute atomic E-state index is 0.166. The Kier molecular flexibility index (Phi) is 2.65. The molecule has 0 spiro atoms. The first-order valence-corrected chi connectivity index (χ1v) is 5.99. The molecule has 2 N–H and O–H groups in total. The van der Waals surface area contributed by atoms with Crippen LogP contribution in [0.4, 0.5) is 0 Å². The van der Waals surface area contributed by atoms with Crippen LogP contribution in [-0.4, -0.2) is 16.2 Å². The van der Waals surface area contributed by atoms with Crippen molar-refractivity contribution in [3.8, 4) is 11.4 Å². The van der Waals surface area contributed by atoms with Gasteiger partial charge in [0.1, 0.15) is 0 Å². The van der Waals surface area contributed by atoms with Crippen LogP contribution in [0.3, 0.4) is 0 Å². The lowest BCUT2D eigenvalue weighted by Crippen LogP contribution is -2.22. The Bertz CT molecular complexity index is 494. The Labute approximate surface area is 99.8 Å². The van der Waals surface area contributed by atoms with E-state index in [1.807, 2.05) is 30.3 Å². The molecule has 1 aliphatic carbocycles. The van der Waals surface area contributed by atoms with Gasteiger partial charge >= 0.3 is 0 Å². The maximum atomic E-state index is 6.03. The number of hydrogen-bond acceptors (Lipinski definition) is 4. The van der Waals surface area contributed by atoms with Crippen LogP contribution >= 0.6 is 0 Å². The number of nitrogens with two attached hydrogens (primary N) is 1. The molecule has 4 heteroatoms.